The van der Waals surface area contributed by atoms with E-state index in [2.05, 4.69) is 0 Å². The highest BCUT2D eigenvalue weighted by Gasteiger charge is 2.23. The van der Waals surface area contributed by atoms with Crippen LogP contribution >= 0.6 is 0 Å². The zero-order valence-electron chi connectivity index (χ0n) is 13.1. The molecule has 0 spiro atoms. The molecule has 0 radical (unpaired) electrons. The van der Waals surface area contributed by atoms with Crippen LogP contribution in [0.3, 0.4) is 0 Å². The lowest BCUT2D eigenvalue weighted by Crippen LogP contribution is -2.41. The van der Waals surface area contributed by atoms with Crippen LogP contribution < -0.4 is 0 Å². The summed E-state index contributed by atoms with van der Waals surface area (Å²) in [6.07, 6.45) is 2.29. The first-order chi connectivity index (χ1) is 10.2. The summed E-state index contributed by atoms with van der Waals surface area (Å²) < 4.78 is 15.8. The lowest BCUT2D eigenvalue weighted by atomic mass is 10.1. The van der Waals surface area contributed by atoms with Crippen LogP contribution in [0.2, 0.25) is 0 Å². The van der Waals surface area contributed by atoms with Gasteiger partial charge >= 0.3 is 5.97 Å². The van der Waals surface area contributed by atoms with Crippen LogP contribution in [-0.2, 0) is 23.8 Å². The van der Waals surface area contributed by atoms with E-state index >= 15 is 0 Å². The van der Waals surface area contributed by atoms with Gasteiger partial charge in [0.05, 0.1) is 32.3 Å². The maximum atomic E-state index is 12.0. The molecule has 1 aliphatic heterocycles. The molecule has 6 heteroatoms. The number of likely N-dealkylation sites (tertiary alicyclic amines) is 1. The van der Waals surface area contributed by atoms with Gasteiger partial charge < -0.3 is 19.1 Å². The molecule has 21 heavy (non-hydrogen) atoms. The Kier molecular flexibility index (Phi) is 9.01. The predicted molar refractivity (Wildman–Crippen MR) is 77.9 cm³/mol. The Hall–Kier alpha value is -1.14. The number of hydrogen-bond donors (Lipinski definition) is 0. The van der Waals surface area contributed by atoms with E-state index in [-0.39, 0.29) is 30.8 Å². The molecule has 0 N–H and O–H groups in total. The third kappa shape index (κ3) is 7.43. The highest BCUT2D eigenvalue weighted by atomic mass is 16.5. The van der Waals surface area contributed by atoms with E-state index in [1.54, 1.807) is 6.92 Å². The summed E-state index contributed by atoms with van der Waals surface area (Å²) >= 11 is 0. The van der Waals surface area contributed by atoms with E-state index in [1.807, 2.05) is 11.8 Å². The summed E-state index contributed by atoms with van der Waals surface area (Å²) in [6, 6.07) is 0. The second-order valence-electron chi connectivity index (χ2n) is 4.95. The smallest absolute Gasteiger partial charge is 0.306 e. The van der Waals surface area contributed by atoms with Gasteiger partial charge in [0.1, 0.15) is 0 Å². The van der Waals surface area contributed by atoms with Gasteiger partial charge in [0.2, 0.25) is 5.91 Å². The summed E-state index contributed by atoms with van der Waals surface area (Å²) in [7, 11) is 0. The lowest BCUT2D eigenvalue weighted by molar-refractivity contribution is -0.146. The number of amides is 1. The number of piperidine rings is 1. The van der Waals surface area contributed by atoms with Crippen molar-refractivity contribution in [2.24, 2.45) is 0 Å². The quantitative estimate of drug-likeness (QED) is 0.475. The van der Waals surface area contributed by atoms with Crippen molar-refractivity contribution in [3.8, 4) is 0 Å². The molecule has 0 unspecified atom stereocenters. The fourth-order valence-corrected chi connectivity index (χ4v) is 2.29. The van der Waals surface area contributed by atoms with E-state index in [4.69, 9.17) is 14.2 Å². The largest absolute Gasteiger partial charge is 0.466 e. The van der Waals surface area contributed by atoms with Crippen molar-refractivity contribution in [1.29, 1.82) is 0 Å². The molecule has 6 nitrogen and oxygen atoms in total. The Bertz CT molecular complexity index is 313. The summed E-state index contributed by atoms with van der Waals surface area (Å²) in [5.41, 5.74) is 0. The summed E-state index contributed by atoms with van der Waals surface area (Å²) in [4.78, 5) is 25.0. The topological polar surface area (TPSA) is 65.1 Å². The van der Waals surface area contributed by atoms with Crippen LogP contribution in [0.25, 0.3) is 0 Å². The van der Waals surface area contributed by atoms with Gasteiger partial charge in [-0.05, 0) is 26.7 Å². The molecule has 1 fully saturated rings. The van der Waals surface area contributed by atoms with Crippen LogP contribution in [0.1, 0.15) is 39.5 Å². The van der Waals surface area contributed by atoms with Crippen LogP contribution in [0.5, 0.6) is 0 Å². The molecule has 1 rings (SSSR count). The highest BCUT2D eigenvalue weighted by molar-refractivity contribution is 5.81. The van der Waals surface area contributed by atoms with E-state index in [1.165, 1.54) is 0 Å². The molecular weight excluding hydrogens is 274 g/mol. The molecule has 0 aliphatic carbocycles. The van der Waals surface area contributed by atoms with Crippen molar-refractivity contribution in [3.63, 3.8) is 0 Å². The molecular formula is C15H27NO5. The lowest BCUT2D eigenvalue weighted by Gasteiger charge is -2.32. The Morgan fingerprint density at radius 3 is 2.38 bits per heavy atom. The van der Waals surface area contributed by atoms with Crippen molar-refractivity contribution >= 4 is 11.9 Å². The molecule has 1 heterocycles. The minimum absolute atomic E-state index is 0.0239. The van der Waals surface area contributed by atoms with Crippen molar-refractivity contribution in [3.05, 3.63) is 0 Å². The molecule has 0 aromatic heterocycles. The average Bonchev–Trinajstić information content (AvgIpc) is 2.50. The van der Waals surface area contributed by atoms with Crippen LogP contribution in [-0.4, -0.2) is 62.4 Å². The zero-order valence-corrected chi connectivity index (χ0v) is 13.1. The first-order valence-corrected chi connectivity index (χ1v) is 7.80. The Morgan fingerprint density at radius 1 is 1.05 bits per heavy atom. The standard InChI is InChI=1S/C15H27NO5/c1-3-19-11-12-21-13-7-9-16(10-8-13)14(17)5-6-15(18)20-4-2/h13H,3-12H2,1-2H3. The second-order valence-corrected chi connectivity index (χ2v) is 4.95. The van der Waals surface area contributed by atoms with Gasteiger partial charge in [-0.25, -0.2) is 0 Å². The normalized spacial score (nSPS) is 16.0. The number of esters is 1. The van der Waals surface area contributed by atoms with E-state index in [0.29, 0.717) is 39.5 Å². The van der Waals surface area contributed by atoms with Crippen molar-refractivity contribution in [2.75, 3.05) is 39.5 Å². The SMILES string of the molecule is CCOCCOC1CCN(C(=O)CCC(=O)OCC)CC1. The summed E-state index contributed by atoms with van der Waals surface area (Å²) in [5, 5.41) is 0. The van der Waals surface area contributed by atoms with Crippen molar-refractivity contribution in [1.82, 2.24) is 4.90 Å². The third-order valence-electron chi connectivity index (χ3n) is 3.43. The van der Waals surface area contributed by atoms with Crippen LogP contribution in [0, 0.1) is 0 Å². The Labute approximate surface area is 126 Å². The molecule has 1 saturated heterocycles. The van der Waals surface area contributed by atoms with Gasteiger partial charge in [0.25, 0.3) is 0 Å². The Morgan fingerprint density at radius 2 is 1.76 bits per heavy atom. The first-order valence-electron chi connectivity index (χ1n) is 7.80. The summed E-state index contributed by atoms with van der Waals surface area (Å²) in [6.45, 7) is 7.40. The number of carbonyl (C=O) groups excluding carboxylic acids is 2. The monoisotopic (exact) mass is 301 g/mol. The van der Waals surface area contributed by atoms with Gasteiger partial charge in [-0.1, -0.05) is 0 Å². The molecule has 1 amide bonds. The molecule has 122 valence electrons. The van der Waals surface area contributed by atoms with Crippen molar-refractivity contribution in [2.45, 2.75) is 45.6 Å². The third-order valence-corrected chi connectivity index (χ3v) is 3.43. The second kappa shape index (κ2) is 10.6. The highest BCUT2D eigenvalue weighted by Crippen LogP contribution is 2.15. The molecule has 0 saturated carbocycles. The number of ether oxygens (including phenoxy) is 3. The maximum absolute atomic E-state index is 12.0. The van der Waals surface area contributed by atoms with Gasteiger partial charge in [-0.3, -0.25) is 9.59 Å². The molecule has 0 atom stereocenters. The van der Waals surface area contributed by atoms with E-state index in [9.17, 15) is 9.59 Å². The predicted octanol–water partition coefficient (Wildman–Crippen LogP) is 1.37. The number of nitrogens with zero attached hydrogens (tertiary/aromatic N) is 1. The van der Waals surface area contributed by atoms with E-state index in [0.717, 1.165) is 12.8 Å². The molecule has 0 bridgehead atoms. The molecule has 0 aromatic carbocycles. The first kappa shape index (κ1) is 17.9. The fraction of sp³-hybridized carbons (Fsp3) is 0.867. The summed E-state index contributed by atoms with van der Waals surface area (Å²) in [5.74, 6) is -0.282. The van der Waals surface area contributed by atoms with Gasteiger partial charge in [0, 0.05) is 26.1 Å². The number of rotatable bonds is 9. The van der Waals surface area contributed by atoms with Gasteiger partial charge in [0.15, 0.2) is 0 Å². The van der Waals surface area contributed by atoms with Crippen LogP contribution in [0.4, 0.5) is 0 Å². The van der Waals surface area contributed by atoms with Crippen LogP contribution in [0.15, 0.2) is 0 Å². The van der Waals surface area contributed by atoms with Gasteiger partial charge in [-0.15, -0.1) is 0 Å². The molecule has 0 aromatic rings. The minimum Gasteiger partial charge on any atom is -0.466 e. The fourth-order valence-electron chi connectivity index (χ4n) is 2.29. The Balaban J connectivity index is 2.14. The number of carbonyl (C=O) groups is 2. The van der Waals surface area contributed by atoms with Crippen molar-refractivity contribution < 1.29 is 23.8 Å². The average molecular weight is 301 g/mol. The number of hydrogen-bond acceptors (Lipinski definition) is 5. The zero-order chi connectivity index (χ0) is 15.5. The minimum atomic E-state index is -0.306. The van der Waals surface area contributed by atoms with E-state index < -0.39 is 0 Å². The van der Waals surface area contributed by atoms with Gasteiger partial charge in [-0.2, -0.15) is 0 Å². The molecule has 1 aliphatic rings. The maximum Gasteiger partial charge on any atom is 0.306 e.